The molecular weight excluding hydrogens is 268 g/mol. The minimum Gasteiger partial charge on any atom is -0.379 e. The van der Waals surface area contributed by atoms with Crippen molar-refractivity contribution < 1.29 is 9.47 Å². The molecular formula is C13H23BrO2. The molecule has 16 heavy (non-hydrogen) atoms. The summed E-state index contributed by atoms with van der Waals surface area (Å²) in [4.78, 5) is 0.698. The molecule has 2 rings (SSSR count). The Morgan fingerprint density at radius 1 is 1.19 bits per heavy atom. The van der Waals surface area contributed by atoms with Crippen molar-refractivity contribution in [3.63, 3.8) is 0 Å². The van der Waals surface area contributed by atoms with E-state index in [0.717, 1.165) is 26.2 Å². The number of alkyl halides is 1. The molecule has 2 saturated carbocycles. The summed E-state index contributed by atoms with van der Waals surface area (Å²) in [6.07, 6.45) is 8.24. The molecule has 0 aromatic rings. The van der Waals surface area contributed by atoms with Crippen molar-refractivity contribution in [1.82, 2.24) is 0 Å². The molecule has 94 valence electrons. The minimum absolute atomic E-state index is 0.477. The Morgan fingerprint density at radius 2 is 1.94 bits per heavy atom. The first-order chi connectivity index (χ1) is 7.79. The fraction of sp³-hybridized carbons (Fsp3) is 1.00. The molecule has 2 unspecified atom stereocenters. The van der Waals surface area contributed by atoms with Crippen molar-refractivity contribution >= 4 is 15.9 Å². The van der Waals surface area contributed by atoms with Gasteiger partial charge in [0.1, 0.15) is 0 Å². The third-order valence-corrected chi connectivity index (χ3v) is 5.40. The molecule has 2 nitrogen and oxygen atoms in total. The zero-order valence-electron chi connectivity index (χ0n) is 10.2. The van der Waals surface area contributed by atoms with Gasteiger partial charge in [-0.25, -0.2) is 0 Å². The van der Waals surface area contributed by atoms with Crippen LogP contribution in [-0.4, -0.2) is 30.8 Å². The highest BCUT2D eigenvalue weighted by molar-refractivity contribution is 9.09. The number of ether oxygens (including phenoxy) is 2. The van der Waals surface area contributed by atoms with Crippen LogP contribution in [0.15, 0.2) is 0 Å². The van der Waals surface area contributed by atoms with Gasteiger partial charge in [-0.15, -0.1) is 0 Å². The summed E-state index contributed by atoms with van der Waals surface area (Å²) in [6, 6.07) is 0. The van der Waals surface area contributed by atoms with Gasteiger partial charge in [0, 0.05) is 16.8 Å². The van der Waals surface area contributed by atoms with Crippen molar-refractivity contribution in [2.75, 3.05) is 19.8 Å². The van der Waals surface area contributed by atoms with E-state index in [1.54, 1.807) is 0 Å². The van der Waals surface area contributed by atoms with Gasteiger partial charge in [-0.3, -0.25) is 0 Å². The lowest BCUT2D eigenvalue weighted by Crippen LogP contribution is -2.54. The number of rotatable bonds is 6. The fourth-order valence-electron chi connectivity index (χ4n) is 3.10. The average Bonchev–Trinajstić information content (AvgIpc) is 2.79. The van der Waals surface area contributed by atoms with Crippen LogP contribution in [0.1, 0.15) is 45.4 Å². The average molecular weight is 291 g/mol. The van der Waals surface area contributed by atoms with Crippen LogP contribution < -0.4 is 0 Å². The Bertz CT molecular complexity index is 214. The van der Waals surface area contributed by atoms with Crippen LogP contribution in [0.4, 0.5) is 0 Å². The first-order valence-electron chi connectivity index (χ1n) is 6.63. The molecule has 0 radical (unpaired) electrons. The van der Waals surface area contributed by atoms with Crippen molar-refractivity contribution in [1.29, 1.82) is 0 Å². The molecule has 2 aliphatic carbocycles. The van der Waals surface area contributed by atoms with Gasteiger partial charge in [0.25, 0.3) is 0 Å². The van der Waals surface area contributed by atoms with Gasteiger partial charge < -0.3 is 9.47 Å². The quantitative estimate of drug-likeness (QED) is 0.550. The van der Waals surface area contributed by atoms with E-state index in [2.05, 4.69) is 22.9 Å². The molecule has 3 heteroatoms. The molecule has 0 aromatic carbocycles. The Hall–Kier alpha value is 0.400. The van der Waals surface area contributed by atoms with Gasteiger partial charge in [-0.2, -0.15) is 0 Å². The minimum atomic E-state index is 0.477. The lowest BCUT2D eigenvalue weighted by Gasteiger charge is -2.51. The molecule has 2 atom stereocenters. The van der Waals surface area contributed by atoms with Crippen LogP contribution in [0, 0.1) is 5.41 Å². The molecule has 0 N–H and O–H groups in total. The van der Waals surface area contributed by atoms with Gasteiger partial charge in [0.05, 0.1) is 19.3 Å². The lowest BCUT2D eigenvalue weighted by molar-refractivity contribution is -0.112. The van der Waals surface area contributed by atoms with E-state index in [0.29, 0.717) is 16.3 Å². The van der Waals surface area contributed by atoms with Crippen LogP contribution in [0.25, 0.3) is 0 Å². The van der Waals surface area contributed by atoms with Crippen LogP contribution in [0.2, 0.25) is 0 Å². The van der Waals surface area contributed by atoms with Gasteiger partial charge in [0.2, 0.25) is 0 Å². The zero-order chi connectivity index (χ0) is 11.4. The Kier molecular flexibility index (Phi) is 4.68. The van der Waals surface area contributed by atoms with Crippen molar-refractivity contribution in [3.8, 4) is 0 Å². The molecule has 1 spiro atoms. The molecule has 0 heterocycles. The maximum absolute atomic E-state index is 5.98. The summed E-state index contributed by atoms with van der Waals surface area (Å²) in [5.41, 5.74) is 0.477. The summed E-state index contributed by atoms with van der Waals surface area (Å²) >= 11 is 3.81. The van der Waals surface area contributed by atoms with E-state index in [1.165, 1.54) is 32.1 Å². The van der Waals surface area contributed by atoms with Gasteiger partial charge in [0.15, 0.2) is 0 Å². The monoisotopic (exact) mass is 290 g/mol. The van der Waals surface area contributed by atoms with E-state index < -0.39 is 0 Å². The summed E-state index contributed by atoms with van der Waals surface area (Å²) in [5, 5.41) is 0. The van der Waals surface area contributed by atoms with Gasteiger partial charge >= 0.3 is 0 Å². The molecule has 0 bridgehead atoms. The Balaban J connectivity index is 1.66. The standard InChI is InChI=1S/C13H23BrO2/c1-2-7-15-8-9-16-12-10-11(14)13(12)5-3-4-6-13/h11-12H,2-10H2,1H3. The SMILES string of the molecule is CCCOCCOC1CC(Br)C12CCCC2. The predicted molar refractivity (Wildman–Crippen MR) is 69.1 cm³/mol. The zero-order valence-corrected chi connectivity index (χ0v) is 11.8. The van der Waals surface area contributed by atoms with E-state index >= 15 is 0 Å². The largest absolute Gasteiger partial charge is 0.379 e. The fourth-order valence-corrected chi connectivity index (χ4v) is 4.19. The summed E-state index contributed by atoms with van der Waals surface area (Å²) in [5.74, 6) is 0. The van der Waals surface area contributed by atoms with Gasteiger partial charge in [-0.05, 0) is 25.7 Å². The van der Waals surface area contributed by atoms with Crippen molar-refractivity contribution in [2.45, 2.75) is 56.4 Å². The molecule has 0 amide bonds. The topological polar surface area (TPSA) is 18.5 Å². The van der Waals surface area contributed by atoms with Crippen molar-refractivity contribution in [3.05, 3.63) is 0 Å². The smallest absolute Gasteiger partial charge is 0.0704 e. The lowest BCUT2D eigenvalue weighted by atomic mass is 9.65. The van der Waals surface area contributed by atoms with Gasteiger partial charge in [-0.1, -0.05) is 35.7 Å². The first-order valence-corrected chi connectivity index (χ1v) is 7.54. The second kappa shape index (κ2) is 5.83. The van der Waals surface area contributed by atoms with Crippen LogP contribution >= 0.6 is 15.9 Å². The van der Waals surface area contributed by atoms with E-state index in [1.807, 2.05) is 0 Å². The third kappa shape index (κ3) is 2.46. The summed E-state index contributed by atoms with van der Waals surface area (Å²) in [7, 11) is 0. The maximum Gasteiger partial charge on any atom is 0.0704 e. The van der Waals surface area contributed by atoms with Crippen LogP contribution in [0.3, 0.4) is 0 Å². The third-order valence-electron chi connectivity index (χ3n) is 4.12. The molecule has 0 saturated heterocycles. The molecule has 2 fully saturated rings. The summed E-state index contributed by atoms with van der Waals surface area (Å²) < 4.78 is 11.4. The van der Waals surface area contributed by atoms with E-state index in [4.69, 9.17) is 9.47 Å². The highest BCUT2D eigenvalue weighted by Crippen LogP contribution is 2.57. The number of halogens is 1. The summed E-state index contributed by atoms with van der Waals surface area (Å²) in [6.45, 7) is 4.52. The second-order valence-corrected chi connectivity index (χ2v) is 6.22. The predicted octanol–water partition coefficient (Wildman–Crippen LogP) is 3.53. The second-order valence-electron chi connectivity index (χ2n) is 5.12. The van der Waals surface area contributed by atoms with E-state index in [9.17, 15) is 0 Å². The first kappa shape index (κ1) is 12.8. The Morgan fingerprint density at radius 3 is 2.56 bits per heavy atom. The normalized spacial score (nSPS) is 31.9. The van der Waals surface area contributed by atoms with Crippen molar-refractivity contribution in [2.24, 2.45) is 5.41 Å². The number of hydrogen-bond acceptors (Lipinski definition) is 2. The maximum atomic E-state index is 5.98. The van der Waals surface area contributed by atoms with Crippen LogP contribution in [0.5, 0.6) is 0 Å². The number of hydrogen-bond donors (Lipinski definition) is 0. The molecule has 0 aliphatic heterocycles. The Labute approximate surface area is 107 Å². The highest BCUT2D eigenvalue weighted by atomic mass is 79.9. The molecule has 0 aromatic heterocycles. The van der Waals surface area contributed by atoms with E-state index in [-0.39, 0.29) is 0 Å². The highest BCUT2D eigenvalue weighted by Gasteiger charge is 2.55. The van der Waals surface area contributed by atoms with Crippen LogP contribution in [-0.2, 0) is 9.47 Å². The molecule has 2 aliphatic rings.